The van der Waals surface area contributed by atoms with E-state index in [1.807, 2.05) is 0 Å². The minimum atomic E-state index is -0.632. The summed E-state index contributed by atoms with van der Waals surface area (Å²) in [6, 6.07) is 0. The summed E-state index contributed by atoms with van der Waals surface area (Å²) in [6.45, 7) is 1.50. The van der Waals surface area contributed by atoms with E-state index in [4.69, 9.17) is 10.9 Å². The van der Waals surface area contributed by atoms with Gasteiger partial charge >= 0.3 is 5.56 Å². The maximum Gasteiger partial charge on any atom is 0.309 e. The summed E-state index contributed by atoms with van der Waals surface area (Å²) >= 11 is 0. The van der Waals surface area contributed by atoms with Gasteiger partial charge in [-0.3, -0.25) is 4.79 Å². The lowest BCUT2D eigenvalue weighted by Gasteiger charge is -1.98. The van der Waals surface area contributed by atoms with Gasteiger partial charge in [-0.1, -0.05) is 0 Å². The Balaban J connectivity index is 3.50. The predicted molar refractivity (Wildman–Crippen MR) is 34.8 cm³/mol. The topological polar surface area (TPSA) is 81.1 Å². The third-order valence-corrected chi connectivity index (χ3v) is 1.14. The molecule has 1 aromatic rings. The van der Waals surface area contributed by atoms with Gasteiger partial charge in [0, 0.05) is 0 Å². The van der Waals surface area contributed by atoms with E-state index in [1.54, 1.807) is 0 Å². The molecule has 5 heteroatoms. The van der Waals surface area contributed by atoms with E-state index in [2.05, 4.69) is 4.98 Å². The van der Waals surface area contributed by atoms with Crippen LogP contribution in [0.2, 0.25) is 0 Å². The quantitative estimate of drug-likeness (QED) is 0.471. The predicted octanol–water partition coefficient (Wildman–Crippen LogP) is -0.629. The molecule has 0 saturated carbocycles. The maximum atomic E-state index is 10.7. The van der Waals surface area contributed by atoms with Crippen molar-refractivity contribution in [2.24, 2.45) is 0 Å². The van der Waals surface area contributed by atoms with E-state index < -0.39 is 5.56 Å². The van der Waals surface area contributed by atoms with Crippen molar-refractivity contribution in [3.8, 4) is 0 Å². The number of nitrogens with zero attached hydrogens (tertiary/aromatic N) is 2. The van der Waals surface area contributed by atoms with Crippen molar-refractivity contribution in [2.75, 3.05) is 5.73 Å². The Kier molecular flexibility index (Phi) is 1.33. The lowest BCUT2D eigenvalue weighted by Crippen LogP contribution is -2.23. The second kappa shape index (κ2) is 2.02. The fourth-order valence-corrected chi connectivity index (χ4v) is 0.542. The molecule has 3 N–H and O–H groups in total. The molecule has 0 amide bonds. The van der Waals surface area contributed by atoms with E-state index in [9.17, 15) is 4.79 Å². The number of aryl methyl sites for hydroxylation is 1. The molecule has 0 fully saturated rings. The molecule has 0 atom stereocenters. The average molecular weight is 141 g/mol. The average Bonchev–Trinajstić information content (AvgIpc) is 1.93. The second-order valence-electron chi connectivity index (χ2n) is 1.88. The van der Waals surface area contributed by atoms with Gasteiger partial charge in [-0.05, 0) is 6.92 Å². The van der Waals surface area contributed by atoms with Gasteiger partial charge in [0.25, 0.3) is 0 Å². The molecule has 0 aliphatic carbocycles. The first kappa shape index (κ1) is 6.60. The highest BCUT2D eigenvalue weighted by molar-refractivity contribution is 5.30. The number of nitrogens with two attached hydrogens (primary N) is 1. The van der Waals surface area contributed by atoms with Crippen LogP contribution in [0.1, 0.15) is 5.82 Å². The van der Waals surface area contributed by atoms with Crippen LogP contribution in [-0.4, -0.2) is 14.9 Å². The van der Waals surface area contributed by atoms with Gasteiger partial charge in [-0.2, -0.15) is 0 Å². The largest absolute Gasteiger partial charge is 0.424 e. The number of hydrogen-bond acceptors (Lipinski definition) is 4. The maximum absolute atomic E-state index is 10.7. The SMILES string of the molecule is Cc1ncc(N)c(=O)n1O. The molecule has 0 aliphatic heterocycles. The minimum Gasteiger partial charge on any atom is -0.424 e. The molecule has 0 aliphatic rings. The number of rotatable bonds is 0. The molecule has 1 heterocycles. The summed E-state index contributed by atoms with van der Waals surface area (Å²) < 4.78 is 0.412. The highest BCUT2D eigenvalue weighted by Crippen LogP contribution is 1.89. The standard InChI is InChI=1S/C5H7N3O2/c1-3-7-2-4(6)5(9)8(3)10/h2,10H,6H2,1H3. The van der Waals surface area contributed by atoms with E-state index in [1.165, 1.54) is 13.1 Å². The van der Waals surface area contributed by atoms with Crippen LogP contribution in [-0.2, 0) is 0 Å². The van der Waals surface area contributed by atoms with Gasteiger partial charge in [0.2, 0.25) is 0 Å². The number of aromatic nitrogens is 2. The van der Waals surface area contributed by atoms with Crippen molar-refractivity contribution in [1.29, 1.82) is 0 Å². The Labute approximate surface area is 56.7 Å². The summed E-state index contributed by atoms with van der Waals surface area (Å²) in [5.74, 6) is 0.221. The molecule has 0 radical (unpaired) electrons. The Hall–Kier alpha value is -1.52. The van der Waals surface area contributed by atoms with Crippen molar-refractivity contribution in [3.63, 3.8) is 0 Å². The number of anilines is 1. The molecule has 0 unspecified atom stereocenters. The summed E-state index contributed by atoms with van der Waals surface area (Å²) in [6.07, 6.45) is 1.21. The van der Waals surface area contributed by atoms with Crippen LogP contribution in [0.3, 0.4) is 0 Å². The molecule has 5 nitrogen and oxygen atoms in total. The zero-order valence-electron chi connectivity index (χ0n) is 5.40. The van der Waals surface area contributed by atoms with Crippen LogP contribution < -0.4 is 11.3 Å². The molecule has 0 aromatic carbocycles. The van der Waals surface area contributed by atoms with Crippen LogP contribution in [0.25, 0.3) is 0 Å². The van der Waals surface area contributed by atoms with Crippen LogP contribution in [0.15, 0.2) is 11.0 Å². The summed E-state index contributed by atoms with van der Waals surface area (Å²) in [4.78, 5) is 14.4. The Morgan fingerprint density at radius 3 is 2.90 bits per heavy atom. The third-order valence-electron chi connectivity index (χ3n) is 1.14. The molecule has 1 aromatic heterocycles. The van der Waals surface area contributed by atoms with Gasteiger partial charge < -0.3 is 10.9 Å². The van der Waals surface area contributed by atoms with E-state index >= 15 is 0 Å². The van der Waals surface area contributed by atoms with E-state index in [0.717, 1.165) is 0 Å². The smallest absolute Gasteiger partial charge is 0.309 e. The first-order chi connectivity index (χ1) is 4.63. The van der Waals surface area contributed by atoms with Crippen molar-refractivity contribution < 1.29 is 5.21 Å². The molecular weight excluding hydrogens is 134 g/mol. The summed E-state index contributed by atoms with van der Waals surface area (Å²) in [5, 5.41) is 8.85. The van der Waals surface area contributed by atoms with Gasteiger partial charge in [0.05, 0.1) is 6.20 Å². The lowest BCUT2D eigenvalue weighted by molar-refractivity contribution is 0.164. The van der Waals surface area contributed by atoms with E-state index in [0.29, 0.717) is 4.73 Å². The highest BCUT2D eigenvalue weighted by Gasteiger charge is 2.00. The minimum absolute atomic E-state index is 0.0619. The van der Waals surface area contributed by atoms with Crippen LogP contribution in [0.5, 0.6) is 0 Å². The molecular formula is C5H7N3O2. The van der Waals surface area contributed by atoms with Crippen LogP contribution in [0.4, 0.5) is 5.69 Å². The van der Waals surface area contributed by atoms with Gasteiger partial charge in [0.15, 0.2) is 0 Å². The molecule has 0 saturated heterocycles. The van der Waals surface area contributed by atoms with Gasteiger partial charge in [0.1, 0.15) is 11.5 Å². The third kappa shape index (κ3) is 0.812. The molecule has 1 rings (SSSR count). The fourth-order valence-electron chi connectivity index (χ4n) is 0.542. The summed E-state index contributed by atoms with van der Waals surface area (Å²) in [7, 11) is 0. The van der Waals surface area contributed by atoms with Crippen LogP contribution >= 0.6 is 0 Å². The van der Waals surface area contributed by atoms with Crippen LogP contribution in [0, 0.1) is 6.92 Å². The molecule has 54 valence electrons. The molecule has 0 bridgehead atoms. The number of nitrogen functional groups attached to an aromatic ring is 1. The highest BCUT2D eigenvalue weighted by atomic mass is 16.5. The second-order valence-corrected chi connectivity index (χ2v) is 1.88. The van der Waals surface area contributed by atoms with Crippen molar-refractivity contribution in [3.05, 3.63) is 22.4 Å². The molecule has 10 heavy (non-hydrogen) atoms. The Morgan fingerprint density at radius 1 is 1.80 bits per heavy atom. The zero-order valence-corrected chi connectivity index (χ0v) is 5.40. The van der Waals surface area contributed by atoms with E-state index in [-0.39, 0.29) is 11.5 Å². The van der Waals surface area contributed by atoms with Crippen molar-refractivity contribution >= 4 is 5.69 Å². The fraction of sp³-hybridized carbons (Fsp3) is 0.200. The summed E-state index contributed by atoms with van der Waals surface area (Å²) in [5.41, 5.74) is 4.44. The first-order valence-electron chi connectivity index (χ1n) is 2.66. The lowest BCUT2D eigenvalue weighted by atomic mass is 10.5. The Morgan fingerprint density at radius 2 is 2.40 bits per heavy atom. The van der Waals surface area contributed by atoms with Crippen molar-refractivity contribution in [1.82, 2.24) is 9.71 Å². The Bertz CT molecular complexity index is 304. The zero-order chi connectivity index (χ0) is 7.72. The van der Waals surface area contributed by atoms with Gasteiger partial charge in [-0.15, -0.1) is 4.73 Å². The normalized spacial score (nSPS) is 9.70. The van der Waals surface area contributed by atoms with Crippen molar-refractivity contribution in [2.45, 2.75) is 6.92 Å². The number of hydrogen-bond donors (Lipinski definition) is 2. The monoisotopic (exact) mass is 141 g/mol. The van der Waals surface area contributed by atoms with Gasteiger partial charge in [-0.25, -0.2) is 4.98 Å². The molecule has 0 spiro atoms. The first-order valence-corrected chi connectivity index (χ1v) is 2.66.